The van der Waals surface area contributed by atoms with Crippen LogP contribution in [0.5, 0.6) is 0 Å². The fourth-order valence-corrected chi connectivity index (χ4v) is 4.63. The van der Waals surface area contributed by atoms with E-state index in [2.05, 4.69) is 0 Å². The van der Waals surface area contributed by atoms with Gasteiger partial charge in [0.1, 0.15) is 0 Å². The van der Waals surface area contributed by atoms with E-state index in [-0.39, 0.29) is 10.6 Å². The Kier molecular flexibility index (Phi) is 4.01. The normalized spacial score (nSPS) is 11.6. The molecule has 0 unspecified atom stereocenters. The molecule has 7 heteroatoms. The average Bonchev–Trinajstić information content (AvgIpc) is 3.09. The molecular weight excluding hydrogens is 364 g/mol. The van der Waals surface area contributed by atoms with E-state index in [1.807, 2.05) is 42.5 Å². The van der Waals surface area contributed by atoms with Gasteiger partial charge in [-0.3, -0.25) is 10.1 Å². The van der Waals surface area contributed by atoms with Gasteiger partial charge in [0.15, 0.2) is 0 Å². The van der Waals surface area contributed by atoms with Crippen LogP contribution in [0.2, 0.25) is 0 Å². The van der Waals surface area contributed by atoms with Crippen molar-refractivity contribution < 1.29 is 13.3 Å². The molecule has 0 saturated heterocycles. The van der Waals surface area contributed by atoms with Crippen molar-refractivity contribution in [3.8, 4) is 11.3 Å². The highest BCUT2D eigenvalue weighted by molar-refractivity contribution is 7.90. The monoisotopic (exact) mass is 378 g/mol. The Hall–Kier alpha value is -3.45. The van der Waals surface area contributed by atoms with Gasteiger partial charge in [-0.25, -0.2) is 12.4 Å². The summed E-state index contributed by atoms with van der Waals surface area (Å²) in [4.78, 5) is 10.3. The smallest absolute Gasteiger partial charge is 0.258 e. The van der Waals surface area contributed by atoms with E-state index in [4.69, 9.17) is 0 Å². The number of nitro benzene ring substituents is 1. The Morgan fingerprint density at radius 2 is 1.52 bits per heavy atom. The molecule has 0 aliphatic carbocycles. The van der Waals surface area contributed by atoms with Crippen molar-refractivity contribution >= 4 is 26.6 Å². The van der Waals surface area contributed by atoms with Crippen molar-refractivity contribution in [2.45, 2.75) is 4.90 Å². The molecule has 0 spiro atoms. The second-order valence-electron chi connectivity index (χ2n) is 5.98. The van der Waals surface area contributed by atoms with Crippen LogP contribution >= 0.6 is 0 Å². The molecule has 4 rings (SSSR count). The second-order valence-corrected chi connectivity index (χ2v) is 7.77. The van der Waals surface area contributed by atoms with Crippen LogP contribution in [0.4, 0.5) is 5.69 Å². The van der Waals surface area contributed by atoms with E-state index in [1.54, 1.807) is 18.2 Å². The third-order valence-corrected chi connectivity index (χ3v) is 6.03. The van der Waals surface area contributed by atoms with Gasteiger partial charge in [-0.1, -0.05) is 54.6 Å². The highest BCUT2D eigenvalue weighted by atomic mass is 32.2. The summed E-state index contributed by atoms with van der Waals surface area (Å²) in [6.07, 6.45) is 0. The number of aromatic nitrogens is 1. The van der Waals surface area contributed by atoms with Crippen LogP contribution in [0, 0.1) is 10.1 Å². The molecule has 0 aliphatic heterocycles. The van der Waals surface area contributed by atoms with Gasteiger partial charge in [0.05, 0.1) is 21.0 Å². The molecular formula is C20H14N2O4S. The Morgan fingerprint density at radius 1 is 0.815 bits per heavy atom. The zero-order chi connectivity index (χ0) is 19.0. The number of para-hydroxylation sites is 1. The van der Waals surface area contributed by atoms with Gasteiger partial charge in [-0.15, -0.1) is 0 Å². The van der Waals surface area contributed by atoms with Gasteiger partial charge in [0.25, 0.3) is 15.7 Å². The van der Waals surface area contributed by atoms with E-state index in [0.29, 0.717) is 11.2 Å². The molecule has 134 valence electrons. The second kappa shape index (κ2) is 6.37. The minimum absolute atomic E-state index is 0.129. The first-order valence-corrected chi connectivity index (χ1v) is 9.58. The Morgan fingerprint density at radius 3 is 2.26 bits per heavy atom. The molecule has 0 N–H and O–H groups in total. The van der Waals surface area contributed by atoms with Crippen LogP contribution in [0.15, 0.2) is 89.8 Å². The molecule has 6 nitrogen and oxygen atoms in total. The maximum absolute atomic E-state index is 13.4. The van der Waals surface area contributed by atoms with Crippen LogP contribution in [0.1, 0.15) is 0 Å². The van der Waals surface area contributed by atoms with Gasteiger partial charge in [0.2, 0.25) is 0 Å². The third-order valence-electron chi connectivity index (χ3n) is 4.30. The highest BCUT2D eigenvalue weighted by Gasteiger charge is 2.25. The molecule has 0 amide bonds. The summed E-state index contributed by atoms with van der Waals surface area (Å²) < 4.78 is 28.1. The van der Waals surface area contributed by atoms with Gasteiger partial charge < -0.3 is 0 Å². The lowest BCUT2D eigenvalue weighted by atomic mass is 10.1. The van der Waals surface area contributed by atoms with Crippen molar-refractivity contribution in [3.63, 3.8) is 0 Å². The number of fused-ring (bicyclic) bond motifs is 1. The van der Waals surface area contributed by atoms with Crippen molar-refractivity contribution in [3.05, 3.63) is 95.0 Å². The fourth-order valence-electron chi connectivity index (χ4n) is 3.06. The summed E-state index contributed by atoms with van der Waals surface area (Å²) >= 11 is 0. The zero-order valence-corrected chi connectivity index (χ0v) is 14.8. The molecule has 0 radical (unpaired) electrons. The van der Waals surface area contributed by atoms with E-state index in [9.17, 15) is 18.5 Å². The minimum atomic E-state index is -4.04. The Labute approximate surface area is 155 Å². The van der Waals surface area contributed by atoms with Crippen molar-refractivity contribution in [2.24, 2.45) is 0 Å². The van der Waals surface area contributed by atoms with Gasteiger partial charge in [-0.05, 0) is 23.8 Å². The Balaban J connectivity index is 2.03. The van der Waals surface area contributed by atoms with Gasteiger partial charge in [-0.2, -0.15) is 0 Å². The van der Waals surface area contributed by atoms with Crippen LogP contribution in [-0.4, -0.2) is 17.3 Å². The van der Waals surface area contributed by atoms with Crippen LogP contribution in [-0.2, 0) is 10.0 Å². The van der Waals surface area contributed by atoms with Gasteiger partial charge >= 0.3 is 0 Å². The number of nitro groups is 1. The maximum atomic E-state index is 13.4. The number of nitrogens with zero attached hydrogens (tertiary/aromatic N) is 2. The lowest BCUT2D eigenvalue weighted by Crippen LogP contribution is -2.14. The first kappa shape index (κ1) is 17.0. The molecule has 3 aromatic carbocycles. The van der Waals surface area contributed by atoms with Crippen molar-refractivity contribution in [2.75, 3.05) is 0 Å². The summed E-state index contributed by atoms with van der Waals surface area (Å²) in [6.45, 7) is 0. The quantitative estimate of drug-likeness (QED) is 0.388. The van der Waals surface area contributed by atoms with Crippen LogP contribution in [0.3, 0.4) is 0 Å². The summed E-state index contributed by atoms with van der Waals surface area (Å²) in [7, 11) is -4.04. The highest BCUT2D eigenvalue weighted by Crippen LogP contribution is 2.32. The SMILES string of the molecule is O=[N+]([O-])c1cccc(S(=O)(=O)n2c(-c3ccccc3)cc3ccccc32)c1. The van der Waals surface area contributed by atoms with Crippen LogP contribution in [0.25, 0.3) is 22.2 Å². The predicted octanol–water partition coefficient (Wildman–Crippen LogP) is 4.45. The molecule has 0 saturated carbocycles. The lowest BCUT2D eigenvalue weighted by Gasteiger charge is -2.12. The minimum Gasteiger partial charge on any atom is -0.258 e. The molecule has 0 bridgehead atoms. The van der Waals surface area contributed by atoms with Gasteiger partial charge in [0, 0.05) is 17.5 Å². The molecule has 4 aromatic rings. The predicted molar refractivity (Wildman–Crippen MR) is 103 cm³/mol. The topological polar surface area (TPSA) is 82.2 Å². The van der Waals surface area contributed by atoms with E-state index in [1.165, 1.54) is 22.2 Å². The summed E-state index contributed by atoms with van der Waals surface area (Å²) in [5, 5.41) is 11.8. The van der Waals surface area contributed by atoms with Crippen LogP contribution < -0.4 is 0 Å². The molecule has 1 aromatic heterocycles. The first-order valence-electron chi connectivity index (χ1n) is 8.14. The standard InChI is InChI=1S/C20H14N2O4S/c23-22(24)17-10-6-11-18(14-17)27(25,26)21-19-12-5-4-9-16(19)13-20(21)15-7-2-1-3-8-15/h1-14H. The first-order chi connectivity index (χ1) is 13.0. The number of hydrogen-bond donors (Lipinski definition) is 0. The maximum Gasteiger partial charge on any atom is 0.270 e. The number of benzene rings is 3. The fraction of sp³-hybridized carbons (Fsp3) is 0. The van der Waals surface area contributed by atoms with Crippen molar-refractivity contribution in [1.82, 2.24) is 3.97 Å². The van der Waals surface area contributed by atoms with E-state index < -0.39 is 14.9 Å². The molecule has 1 heterocycles. The molecule has 0 fully saturated rings. The van der Waals surface area contributed by atoms with Crippen molar-refractivity contribution in [1.29, 1.82) is 0 Å². The van der Waals surface area contributed by atoms with E-state index >= 15 is 0 Å². The molecule has 0 atom stereocenters. The number of non-ortho nitro benzene ring substituents is 1. The lowest BCUT2D eigenvalue weighted by molar-refractivity contribution is -0.385. The molecule has 27 heavy (non-hydrogen) atoms. The zero-order valence-electron chi connectivity index (χ0n) is 14.0. The summed E-state index contributed by atoms with van der Waals surface area (Å²) in [5.41, 5.74) is 1.49. The third kappa shape index (κ3) is 2.88. The average molecular weight is 378 g/mol. The molecule has 0 aliphatic rings. The van der Waals surface area contributed by atoms with E-state index in [0.717, 1.165) is 17.0 Å². The largest absolute Gasteiger partial charge is 0.270 e. The summed E-state index contributed by atoms with van der Waals surface area (Å²) in [5.74, 6) is 0. The summed E-state index contributed by atoms with van der Waals surface area (Å²) in [6, 6.07) is 23.2. The number of rotatable bonds is 4. The Bertz CT molecular complexity index is 1260. The number of hydrogen-bond acceptors (Lipinski definition) is 4.